The number of carbonyl (C=O) groups excluding carboxylic acids is 1. The summed E-state index contributed by atoms with van der Waals surface area (Å²) in [4.78, 5) is 28.7. The molecule has 1 fully saturated rings. The smallest absolute Gasteiger partial charge is 0.322 e. The highest BCUT2D eigenvalue weighted by Crippen LogP contribution is 2.30. The predicted octanol–water partition coefficient (Wildman–Crippen LogP) is 2.62. The molecule has 0 spiro atoms. The van der Waals surface area contributed by atoms with Gasteiger partial charge in [0.15, 0.2) is 0 Å². The molecule has 1 saturated heterocycles. The summed E-state index contributed by atoms with van der Waals surface area (Å²) >= 11 is 1.11. The van der Waals surface area contributed by atoms with Crippen molar-refractivity contribution in [2.24, 2.45) is 0 Å². The molecule has 3 aromatic rings. The molecule has 0 aliphatic carbocycles. The Bertz CT molecular complexity index is 1220. The number of fused-ring (bicyclic) bond motifs is 1. The van der Waals surface area contributed by atoms with E-state index in [1.54, 1.807) is 12.1 Å². The van der Waals surface area contributed by atoms with E-state index < -0.39 is 0 Å². The van der Waals surface area contributed by atoms with Crippen LogP contribution in [0.4, 0.5) is 5.69 Å². The Labute approximate surface area is 202 Å². The molecule has 2 N–H and O–H groups in total. The molecule has 0 unspecified atom stereocenters. The second-order valence-electron chi connectivity index (χ2n) is 9.11. The van der Waals surface area contributed by atoms with E-state index in [2.05, 4.69) is 50.6 Å². The van der Waals surface area contributed by atoms with Crippen molar-refractivity contribution in [2.75, 3.05) is 38.6 Å². The lowest BCUT2D eigenvalue weighted by Gasteiger charge is -2.29. The van der Waals surface area contributed by atoms with Crippen molar-refractivity contribution in [2.45, 2.75) is 31.4 Å². The quantitative estimate of drug-likeness (QED) is 0.565. The first-order valence-electron chi connectivity index (χ1n) is 11.6. The van der Waals surface area contributed by atoms with Gasteiger partial charge < -0.3 is 19.9 Å². The lowest BCUT2D eigenvalue weighted by Crippen LogP contribution is -2.39. The summed E-state index contributed by atoms with van der Waals surface area (Å²) in [6, 6.07) is 13.5. The number of ether oxygens (including phenoxy) is 1. The number of aromatic nitrogens is 2. The summed E-state index contributed by atoms with van der Waals surface area (Å²) in [5, 5.41) is 10.5. The fourth-order valence-corrected chi connectivity index (χ4v) is 5.69. The van der Waals surface area contributed by atoms with E-state index in [0.717, 1.165) is 48.0 Å². The second-order valence-corrected chi connectivity index (χ2v) is 10.1. The zero-order valence-corrected chi connectivity index (χ0v) is 20.2. The van der Waals surface area contributed by atoms with Crippen LogP contribution in [0.5, 0.6) is 5.75 Å². The van der Waals surface area contributed by atoms with Crippen LogP contribution in [-0.4, -0.2) is 60.8 Å². The number of nitrogens with zero attached hydrogens (tertiary/aromatic N) is 3. The number of hydrogen-bond acceptors (Lipinski definition) is 7. The first-order valence-corrected chi connectivity index (χ1v) is 12.4. The standard InChI is InChI=1S/C25H29N5O3S/c1-29-13-20(24-27-28-25(32)34-24)21(14-29)26-23(31)16-8-10-18(11-9-16)33-15-17-5-3-7-22-19(17)6-4-12-30(22)2/h3,5,7-11,20-21H,4,6,12-15H2,1-2H3,(H,26,31)(H,28,32)/t20-,21+/m0/s1. The number of hydrogen-bond donors (Lipinski definition) is 2. The van der Waals surface area contributed by atoms with Gasteiger partial charge in [-0.15, -0.1) is 0 Å². The highest BCUT2D eigenvalue weighted by Gasteiger charge is 2.35. The predicted molar refractivity (Wildman–Crippen MR) is 133 cm³/mol. The van der Waals surface area contributed by atoms with Crippen molar-refractivity contribution in [3.05, 3.63) is 73.8 Å². The minimum Gasteiger partial charge on any atom is -0.489 e. The zero-order chi connectivity index (χ0) is 23.7. The van der Waals surface area contributed by atoms with Gasteiger partial charge in [-0.3, -0.25) is 9.59 Å². The molecule has 2 aromatic carbocycles. The number of likely N-dealkylation sites (N-methyl/N-ethyl adjacent to an activating group) is 1. The fourth-order valence-electron chi connectivity index (χ4n) is 4.93. The number of likely N-dealkylation sites (tertiary alicyclic amines) is 1. The summed E-state index contributed by atoms with van der Waals surface area (Å²) in [5.74, 6) is 0.592. The molecule has 1 aromatic heterocycles. The van der Waals surface area contributed by atoms with Crippen molar-refractivity contribution < 1.29 is 9.53 Å². The Morgan fingerprint density at radius 2 is 2.03 bits per heavy atom. The summed E-state index contributed by atoms with van der Waals surface area (Å²) in [6.45, 7) is 3.05. The van der Waals surface area contributed by atoms with Crippen LogP contribution in [0.1, 0.15) is 38.8 Å². The van der Waals surface area contributed by atoms with Gasteiger partial charge in [0.1, 0.15) is 17.4 Å². The molecule has 1 amide bonds. The van der Waals surface area contributed by atoms with E-state index >= 15 is 0 Å². The monoisotopic (exact) mass is 479 g/mol. The van der Waals surface area contributed by atoms with E-state index in [9.17, 15) is 9.59 Å². The van der Waals surface area contributed by atoms with Crippen molar-refractivity contribution in [1.82, 2.24) is 20.4 Å². The maximum absolute atomic E-state index is 12.9. The SMILES string of the molecule is CN1C[C@H](c2n[nH]c(=O)s2)[C@H](NC(=O)c2ccc(OCc3cccc4c3CCCN4C)cc2)C1. The van der Waals surface area contributed by atoms with Gasteiger partial charge in [-0.2, -0.15) is 5.10 Å². The Morgan fingerprint density at radius 3 is 2.79 bits per heavy atom. The first kappa shape index (κ1) is 22.6. The molecule has 0 saturated carbocycles. The molecular weight excluding hydrogens is 450 g/mol. The zero-order valence-electron chi connectivity index (χ0n) is 19.4. The Balaban J connectivity index is 1.22. The molecule has 8 nitrogen and oxygen atoms in total. The third-order valence-electron chi connectivity index (χ3n) is 6.68. The van der Waals surface area contributed by atoms with Gasteiger partial charge in [-0.05, 0) is 61.3 Å². The summed E-state index contributed by atoms with van der Waals surface area (Å²) in [7, 11) is 4.14. The van der Waals surface area contributed by atoms with E-state index in [0.29, 0.717) is 18.7 Å². The van der Waals surface area contributed by atoms with Crippen LogP contribution in [0.15, 0.2) is 47.3 Å². The molecule has 5 rings (SSSR count). The van der Waals surface area contributed by atoms with Gasteiger partial charge in [0.05, 0.1) is 6.04 Å². The highest BCUT2D eigenvalue weighted by molar-refractivity contribution is 7.08. The number of anilines is 1. The van der Waals surface area contributed by atoms with Gasteiger partial charge in [-0.25, -0.2) is 5.10 Å². The Morgan fingerprint density at radius 1 is 1.21 bits per heavy atom. The number of benzene rings is 2. The van der Waals surface area contributed by atoms with Gasteiger partial charge >= 0.3 is 4.87 Å². The third kappa shape index (κ3) is 4.71. The van der Waals surface area contributed by atoms with Gasteiger partial charge in [-0.1, -0.05) is 23.5 Å². The summed E-state index contributed by atoms with van der Waals surface area (Å²) in [5.41, 5.74) is 4.44. The van der Waals surface area contributed by atoms with Crippen molar-refractivity contribution in [3.8, 4) is 5.75 Å². The molecule has 2 aliphatic heterocycles. The van der Waals surface area contributed by atoms with Crippen LogP contribution < -0.4 is 19.8 Å². The minimum atomic E-state index is -0.173. The van der Waals surface area contributed by atoms with E-state index in [1.807, 2.05) is 19.2 Å². The molecule has 2 atom stereocenters. The lowest BCUT2D eigenvalue weighted by molar-refractivity contribution is 0.0935. The van der Waals surface area contributed by atoms with Crippen LogP contribution in [0.25, 0.3) is 0 Å². The van der Waals surface area contributed by atoms with Crippen LogP contribution in [0.3, 0.4) is 0 Å². The number of nitrogens with one attached hydrogen (secondary N) is 2. The van der Waals surface area contributed by atoms with Crippen molar-refractivity contribution in [3.63, 3.8) is 0 Å². The van der Waals surface area contributed by atoms with Crippen LogP contribution in [0.2, 0.25) is 0 Å². The molecular formula is C25H29N5O3S. The highest BCUT2D eigenvalue weighted by atomic mass is 32.1. The number of rotatable bonds is 6. The molecule has 0 bridgehead atoms. The number of amides is 1. The number of aromatic amines is 1. The topological polar surface area (TPSA) is 90.6 Å². The van der Waals surface area contributed by atoms with Crippen molar-refractivity contribution in [1.29, 1.82) is 0 Å². The summed E-state index contributed by atoms with van der Waals surface area (Å²) in [6.07, 6.45) is 2.23. The first-order chi connectivity index (χ1) is 16.5. The minimum absolute atomic E-state index is 0.00338. The molecule has 0 radical (unpaired) electrons. The van der Waals surface area contributed by atoms with Crippen LogP contribution >= 0.6 is 11.3 Å². The normalized spacial score (nSPS) is 20.2. The largest absolute Gasteiger partial charge is 0.489 e. The van der Waals surface area contributed by atoms with Crippen LogP contribution in [0, 0.1) is 0 Å². The lowest BCUT2D eigenvalue weighted by atomic mass is 9.97. The van der Waals surface area contributed by atoms with E-state index in [4.69, 9.17) is 4.74 Å². The molecule has 2 aliphatic rings. The van der Waals surface area contributed by atoms with Gasteiger partial charge in [0.25, 0.3) is 5.91 Å². The van der Waals surface area contributed by atoms with Crippen LogP contribution in [-0.2, 0) is 13.0 Å². The van der Waals surface area contributed by atoms with Gasteiger partial charge in [0.2, 0.25) is 0 Å². The van der Waals surface area contributed by atoms with E-state index in [1.165, 1.54) is 16.8 Å². The Hall–Kier alpha value is -3.17. The molecule has 9 heteroatoms. The number of carbonyl (C=O) groups is 1. The Kier molecular flexibility index (Phi) is 6.38. The third-order valence-corrected chi connectivity index (χ3v) is 7.56. The maximum Gasteiger partial charge on any atom is 0.322 e. The molecule has 3 heterocycles. The summed E-state index contributed by atoms with van der Waals surface area (Å²) < 4.78 is 6.06. The average Bonchev–Trinajstić information content (AvgIpc) is 3.43. The number of H-pyrrole nitrogens is 1. The average molecular weight is 480 g/mol. The maximum atomic E-state index is 12.9. The second kappa shape index (κ2) is 9.60. The van der Waals surface area contributed by atoms with E-state index in [-0.39, 0.29) is 22.7 Å². The van der Waals surface area contributed by atoms with Gasteiger partial charge in [0, 0.05) is 43.9 Å². The van der Waals surface area contributed by atoms with Crippen molar-refractivity contribution >= 4 is 22.9 Å². The molecule has 178 valence electrons. The molecule has 34 heavy (non-hydrogen) atoms. The fraction of sp³-hybridized carbons (Fsp3) is 0.400.